The Balaban J connectivity index is 2.04. The summed E-state index contributed by atoms with van der Waals surface area (Å²) in [6, 6.07) is 5.43. The lowest BCUT2D eigenvalue weighted by atomic mass is 9.93. The number of hydrogen-bond acceptors (Lipinski definition) is 3. The molecule has 3 N–H and O–H groups in total. The average Bonchev–Trinajstić information content (AvgIpc) is 2.27. The van der Waals surface area contributed by atoms with E-state index in [-0.39, 0.29) is 17.6 Å². The van der Waals surface area contributed by atoms with Crippen molar-refractivity contribution >= 4 is 27.5 Å². The van der Waals surface area contributed by atoms with Crippen molar-refractivity contribution in [3.63, 3.8) is 0 Å². The third-order valence-electron chi connectivity index (χ3n) is 3.29. The van der Waals surface area contributed by atoms with Gasteiger partial charge in [0.25, 0.3) is 5.91 Å². The van der Waals surface area contributed by atoms with Gasteiger partial charge in [-0.05, 0) is 44.9 Å². The molecule has 5 heteroatoms. The Bertz CT molecular complexity index is 488. The van der Waals surface area contributed by atoms with Crippen LogP contribution in [-0.2, 0) is 4.74 Å². The van der Waals surface area contributed by atoms with E-state index in [1.54, 1.807) is 12.1 Å². The molecule has 0 radical (unpaired) electrons. The Labute approximate surface area is 121 Å². The minimum absolute atomic E-state index is 0.118. The zero-order valence-electron chi connectivity index (χ0n) is 11.2. The Hall–Kier alpha value is -1.07. The molecule has 1 amide bonds. The lowest BCUT2D eigenvalue weighted by Gasteiger charge is -2.35. The van der Waals surface area contributed by atoms with E-state index in [0.29, 0.717) is 17.9 Å². The van der Waals surface area contributed by atoms with E-state index in [9.17, 15) is 4.79 Å². The van der Waals surface area contributed by atoms with Gasteiger partial charge in [-0.3, -0.25) is 4.79 Å². The first-order valence-corrected chi connectivity index (χ1v) is 7.16. The van der Waals surface area contributed by atoms with Crippen molar-refractivity contribution in [2.45, 2.75) is 38.3 Å². The minimum Gasteiger partial charge on any atom is -0.398 e. The SMILES string of the molecule is CC1(C)CC(NC(=O)c2ccc(Br)cc2N)CCO1. The smallest absolute Gasteiger partial charge is 0.253 e. The van der Waals surface area contributed by atoms with E-state index in [4.69, 9.17) is 10.5 Å². The van der Waals surface area contributed by atoms with Crippen molar-refractivity contribution in [2.75, 3.05) is 12.3 Å². The Kier molecular flexibility index (Phi) is 4.16. The standard InChI is InChI=1S/C14H19BrN2O2/c1-14(2)8-10(5-6-19-14)17-13(18)11-4-3-9(15)7-12(11)16/h3-4,7,10H,5-6,8,16H2,1-2H3,(H,17,18). The summed E-state index contributed by atoms with van der Waals surface area (Å²) in [6.45, 7) is 4.76. The zero-order chi connectivity index (χ0) is 14.0. The van der Waals surface area contributed by atoms with Gasteiger partial charge in [-0.1, -0.05) is 15.9 Å². The molecule has 104 valence electrons. The van der Waals surface area contributed by atoms with Crippen molar-refractivity contribution in [3.05, 3.63) is 28.2 Å². The predicted octanol–water partition coefficient (Wildman–Crippen LogP) is 2.72. The van der Waals surface area contributed by atoms with Crippen LogP contribution in [-0.4, -0.2) is 24.2 Å². The third-order valence-corrected chi connectivity index (χ3v) is 3.78. The molecule has 1 aliphatic heterocycles. The van der Waals surface area contributed by atoms with Crippen molar-refractivity contribution in [1.29, 1.82) is 0 Å². The molecule has 0 aliphatic carbocycles. The molecule has 1 aromatic rings. The summed E-state index contributed by atoms with van der Waals surface area (Å²) < 4.78 is 6.51. The summed E-state index contributed by atoms with van der Waals surface area (Å²) in [5.74, 6) is -0.118. The number of ether oxygens (including phenoxy) is 1. The highest BCUT2D eigenvalue weighted by Crippen LogP contribution is 2.25. The number of amides is 1. The molecular weight excluding hydrogens is 308 g/mol. The molecule has 2 rings (SSSR count). The molecule has 4 nitrogen and oxygen atoms in total. The molecule has 0 spiro atoms. The fourth-order valence-electron chi connectivity index (χ4n) is 2.36. The minimum atomic E-state index is -0.179. The molecule has 0 aromatic heterocycles. The van der Waals surface area contributed by atoms with Crippen LogP contribution in [0.15, 0.2) is 22.7 Å². The second kappa shape index (κ2) is 5.51. The highest BCUT2D eigenvalue weighted by molar-refractivity contribution is 9.10. The number of hydrogen-bond donors (Lipinski definition) is 2. The summed E-state index contributed by atoms with van der Waals surface area (Å²) in [5.41, 5.74) is 6.69. The topological polar surface area (TPSA) is 64.4 Å². The maximum absolute atomic E-state index is 12.2. The molecule has 1 saturated heterocycles. The molecular formula is C14H19BrN2O2. The fourth-order valence-corrected chi connectivity index (χ4v) is 2.74. The monoisotopic (exact) mass is 326 g/mol. The summed E-state index contributed by atoms with van der Waals surface area (Å²) >= 11 is 3.33. The van der Waals surface area contributed by atoms with E-state index in [2.05, 4.69) is 21.2 Å². The predicted molar refractivity (Wildman–Crippen MR) is 79.1 cm³/mol. The molecule has 0 saturated carbocycles. The van der Waals surface area contributed by atoms with Crippen LogP contribution >= 0.6 is 15.9 Å². The van der Waals surface area contributed by atoms with Crippen molar-refractivity contribution in [1.82, 2.24) is 5.32 Å². The number of nitrogen functional groups attached to an aromatic ring is 1. The summed E-state index contributed by atoms with van der Waals surface area (Å²) in [5, 5.41) is 3.04. The Morgan fingerprint density at radius 2 is 2.26 bits per heavy atom. The van der Waals surface area contributed by atoms with Crippen LogP contribution in [0.25, 0.3) is 0 Å². The first kappa shape index (κ1) is 14.3. The molecule has 1 heterocycles. The van der Waals surface area contributed by atoms with E-state index in [1.807, 2.05) is 19.9 Å². The van der Waals surface area contributed by atoms with Gasteiger partial charge in [-0.25, -0.2) is 0 Å². The van der Waals surface area contributed by atoms with Gasteiger partial charge in [-0.15, -0.1) is 0 Å². The van der Waals surface area contributed by atoms with Crippen LogP contribution < -0.4 is 11.1 Å². The number of rotatable bonds is 2. The van der Waals surface area contributed by atoms with Crippen LogP contribution in [0.2, 0.25) is 0 Å². The third kappa shape index (κ3) is 3.70. The number of anilines is 1. The largest absolute Gasteiger partial charge is 0.398 e. The van der Waals surface area contributed by atoms with Crippen LogP contribution in [0.4, 0.5) is 5.69 Å². The van der Waals surface area contributed by atoms with Crippen molar-refractivity contribution < 1.29 is 9.53 Å². The number of benzene rings is 1. The normalized spacial score (nSPS) is 21.9. The van der Waals surface area contributed by atoms with Crippen LogP contribution in [0.1, 0.15) is 37.0 Å². The van der Waals surface area contributed by atoms with Gasteiger partial charge in [0.2, 0.25) is 0 Å². The van der Waals surface area contributed by atoms with Crippen LogP contribution in [0.5, 0.6) is 0 Å². The molecule has 19 heavy (non-hydrogen) atoms. The van der Waals surface area contributed by atoms with Crippen LogP contribution in [0, 0.1) is 0 Å². The number of nitrogens with one attached hydrogen (secondary N) is 1. The van der Waals surface area contributed by atoms with Crippen molar-refractivity contribution in [3.8, 4) is 0 Å². The molecule has 1 unspecified atom stereocenters. The number of nitrogens with two attached hydrogens (primary N) is 1. The summed E-state index contributed by atoms with van der Waals surface area (Å²) in [6.07, 6.45) is 1.65. The summed E-state index contributed by atoms with van der Waals surface area (Å²) in [4.78, 5) is 12.2. The Morgan fingerprint density at radius 1 is 1.53 bits per heavy atom. The van der Waals surface area contributed by atoms with Crippen LogP contribution in [0.3, 0.4) is 0 Å². The lowest BCUT2D eigenvalue weighted by Crippen LogP contribution is -2.45. The van der Waals surface area contributed by atoms with Gasteiger partial charge < -0.3 is 15.8 Å². The fraction of sp³-hybridized carbons (Fsp3) is 0.500. The maximum atomic E-state index is 12.2. The van der Waals surface area contributed by atoms with E-state index in [1.165, 1.54) is 0 Å². The van der Waals surface area contributed by atoms with Gasteiger partial charge >= 0.3 is 0 Å². The molecule has 0 bridgehead atoms. The van der Waals surface area contributed by atoms with Gasteiger partial charge in [0, 0.05) is 22.8 Å². The van der Waals surface area contributed by atoms with Gasteiger partial charge in [0.15, 0.2) is 0 Å². The Morgan fingerprint density at radius 3 is 2.89 bits per heavy atom. The molecule has 1 atom stereocenters. The highest BCUT2D eigenvalue weighted by Gasteiger charge is 2.30. The maximum Gasteiger partial charge on any atom is 0.253 e. The zero-order valence-corrected chi connectivity index (χ0v) is 12.8. The number of halogens is 1. The van der Waals surface area contributed by atoms with E-state index < -0.39 is 0 Å². The average molecular weight is 327 g/mol. The summed E-state index contributed by atoms with van der Waals surface area (Å²) in [7, 11) is 0. The molecule has 1 aromatic carbocycles. The first-order chi connectivity index (χ1) is 8.87. The molecule has 1 aliphatic rings. The van der Waals surface area contributed by atoms with Gasteiger partial charge in [0.05, 0.1) is 11.2 Å². The van der Waals surface area contributed by atoms with E-state index in [0.717, 1.165) is 17.3 Å². The first-order valence-electron chi connectivity index (χ1n) is 6.37. The second-order valence-corrected chi connectivity index (χ2v) is 6.42. The highest BCUT2D eigenvalue weighted by atomic mass is 79.9. The molecule has 1 fully saturated rings. The van der Waals surface area contributed by atoms with E-state index >= 15 is 0 Å². The van der Waals surface area contributed by atoms with Gasteiger partial charge in [-0.2, -0.15) is 0 Å². The second-order valence-electron chi connectivity index (χ2n) is 5.50. The van der Waals surface area contributed by atoms with Gasteiger partial charge in [0.1, 0.15) is 0 Å². The number of carbonyl (C=O) groups excluding carboxylic acids is 1. The van der Waals surface area contributed by atoms with Crippen molar-refractivity contribution in [2.24, 2.45) is 0 Å². The lowest BCUT2D eigenvalue weighted by molar-refractivity contribution is -0.0615. The number of carbonyl (C=O) groups is 1. The quantitative estimate of drug-likeness (QED) is 0.821.